The van der Waals surface area contributed by atoms with Crippen LogP contribution in [0.5, 0.6) is 0 Å². The van der Waals surface area contributed by atoms with Crippen molar-refractivity contribution in [3.05, 3.63) is 0 Å². The Labute approximate surface area is 211 Å². The first-order valence-electron chi connectivity index (χ1n) is 11.0. The van der Waals surface area contributed by atoms with E-state index in [0.29, 0.717) is 12.8 Å². The van der Waals surface area contributed by atoms with Crippen LogP contribution in [0, 0.1) is 0 Å². The van der Waals surface area contributed by atoms with Gasteiger partial charge in [-0.1, -0.05) is 97.3 Å². The fourth-order valence-electron chi connectivity index (χ4n) is 3.52. The van der Waals surface area contributed by atoms with E-state index in [2.05, 4.69) is 13.8 Å². The summed E-state index contributed by atoms with van der Waals surface area (Å²) in [6.45, 7) is 4.19. The number of hydrogen-bond acceptors (Lipinski definition) is 4. The van der Waals surface area contributed by atoms with E-state index in [0.717, 1.165) is 64.2 Å². The fraction of sp³-hybridized carbons (Fsp3) is 1.00. The molecule has 0 aromatic rings. The quantitative estimate of drug-likeness (QED) is 0.194. The fourth-order valence-corrected chi connectivity index (χ4v) is 4.43. The maximum Gasteiger partial charge on any atom is 1.00 e. The molecule has 0 amide bonds. The molecule has 0 radical (unpaired) electrons. The molecule has 0 saturated heterocycles. The van der Waals surface area contributed by atoms with Crippen molar-refractivity contribution in [2.45, 2.75) is 134 Å². The average Bonchev–Trinajstić information content (AvgIpc) is 2.57. The second-order valence-electron chi connectivity index (χ2n) is 7.81. The third-order valence-corrected chi connectivity index (χ3v) is 6.51. The predicted octanol–water partition coefficient (Wildman–Crippen LogP) is 2.94. The van der Waals surface area contributed by atoms with E-state index in [1.54, 1.807) is 0 Å². The van der Waals surface area contributed by atoms with Crippen LogP contribution in [0.1, 0.15) is 123 Å². The topological polar surface area (TPSA) is 77.4 Å². The maximum absolute atomic E-state index is 11.3. The zero-order valence-electron chi connectivity index (χ0n) is 18.3. The van der Waals surface area contributed by atoms with Crippen LogP contribution >= 0.6 is 0 Å². The Morgan fingerprint density at radius 2 is 1.07 bits per heavy atom. The van der Waals surface area contributed by atoms with Crippen molar-refractivity contribution in [1.82, 2.24) is 0 Å². The van der Waals surface area contributed by atoms with Gasteiger partial charge in [0.2, 0.25) is 0 Å². The molecule has 1 N–H and O–H groups in total. The summed E-state index contributed by atoms with van der Waals surface area (Å²) in [5, 5.41) is 9.00. The van der Waals surface area contributed by atoms with Crippen LogP contribution in [0.4, 0.5) is 0 Å². The Morgan fingerprint density at radius 3 is 1.48 bits per heavy atom. The second-order valence-corrected chi connectivity index (χ2v) is 9.46. The Morgan fingerprint density at radius 1 is 0.667 bits per heavy atom. The van der Waals surface area contributed by atoms with E-state index in [-0.39, 0.29) is 57.5 Å². The number of hydrogen-bond donors (Lipinski definition) is 1. The molecule has 2 atom stereocenters. The summed E-state index contributed by atoms with van der Waals surface area (Å²) in [7, 11) is -4.13. The van der Waals surface area contributed by atoms with Crippen molar-refractivity contribution in [1.29, 1.82) is 0 Å². The average molecular weight is 431 g/mol. The number of aliphatic hydroxyl groups excluding tert-OH is 1. The van der Waals surface area contributed by atoms with Crippen molar-refractivity contribution in [3.8, 4) is 0 Å². The van der Waals surface area contributed by atoms with Crippen molar-refractivity contribution in [3.63, 3.8) is 0 Å². The van der Waals surface area contributed by atoms with E-state index in [1.165, 1.54) is 32.1 Å². The minimum absolute atomic E-state index is 0. The van der Waals surface area contributed by atoms with Crippen molar-refractivity contribution in [2.24, 2.45) is 0 Å². The maximum atomic E-state index is 11.3. The van der Waals surface area contributed by atoms with Gasteiger partial charge < -0.3 is 9.66 Å². The SMILES string of the molecule is CCCCCC(CCCCCCCCCCCC(O)CCC)S(=O)(=O)[O-].[K+]. The molecule has 2 unspecified atom stereocenters. The van der Waals surface area contributed by atoms with E-state index in [4.69, 9.17) is 0 Å². The molecule has 0 aromatic heterocycles. The summed E-state index contributed by atoms with van der Waals surface area (Å²) in [4.78, 5) is 0. The molecule has 27 heavy (non-hydrogen) atoms. The summed E-state index contributed by atoms with van der Waals surface area (Å²) in [6.07, 6.45) is 17.1. The van der Waals surface area contributed by atoms with Gasteiger partial charge in [0, 0.05) is 5.25 Å². The number of aliphatic hydroxyl groups is 1. The standard InChI is InChI=1S/C21H44O4S.K/c1-3-5-13-18-21(26(23,24)25)19-15-12-10-8-6-7-9-11-14-17-20(22)16-4-2;/h20-22H,3-19H2,1-2H3,(H,23,24,25);/q;+1/p-1. The van der Waals surface area contributed by atoms with Crippen LogP contribution in [0.15, 0.2) is 0 Å². The molecular formula is C21H43KO4S. The molecule has 158 valence electrons. The molecule has 0 aliphatic heterocycles. The molecule has 6 heteroatoms. The van der Waals surface area contributed by atoms with E-state index in [1.807, 2.05) is 0 Å². The van der Waals surface area contributed by atoms with E-state index in [9.17, 15) is 18.1 Å². The first-order valence-corrected chi connectivity index (χ1v) is 12.5. The molecule has 4 nitrogen and oxygen atoms in total. The van der Waals surface area contributed by atoms with Crippen molar-refractivity contribution >= 4 is 10.1 Å². The Bertz CT molecular complexity index is 401. The Kier molecular flexibility index (Phi) is 23.6. The van der Waals surface area contributed by atoms with Gasteiger partial charge in [-0.2, -0.15) is 0 Å². The molecule has 0 aliphatic rings. The van der Waals surface area contributed by atoms with Crippen LogP contribution < -0.4 is 51.4 Å². The summed E-state index contributed by atoms with van der Waals surface area (Å²) in [6, 6.07) is 0. The second kappa shape index (κ2) is 20.8. The minimum atomic E-state index is -4.13. The Hall–Kier alpha value is 1.51. The zero-order valence-corrected chi connectivity index (χ0v) is 22.2. The first-order chi connectivity index (χ1) is 12.4. The van der Waals surface area contributed by atoms with Gasteiger partial charge >= 0.3 is 51.4 Å². The third kappa shape index (κ3) is 20.6. The van der Waals surface area contributed by atoms with Crippen molar-refractivity contribution in [2.75, 3.05) is 0 Å². The number of rotatable bonds is 19. The molecule has 0 saturated carbocycles. The molecule has 0 fully saturated rings. The molecule has 0 rings (SSSR count). The molecule has 0 bridgehead atoms. The summed E-state index contributed by atoms with van der Waals surface area (Å²) in [5.41, 5.74) is 0. The smallest absolute Gasteiger partial charge is 0.748 e. The number of unbranched alkanes of at least 4 members (excludes halogenated alkanes) is 10. The Balaban J connectivity index is 0. The van der Waals surface area contributed by atoms with Gasteiger partial charge in [0.25, 0.3) is 0 Å². The van der Waals surface area contributed by atoms with Crippen LogP contribution in [0.3, 0.4) is 0 Å². The van der Waals surface area contributed by atoms with Crippen LogP contribution in [-0.4, -0.2) is 29.4 Å². The van der Waals surface area contributed by atoms with E-state index < -0.39 is 15.4 Å². The van der Waals surface area contributed by atoms with Crippen LogP contribution in [-0.2, 0) is 10.1 Å². The van der Waals surface area contributed by atoms with Gasteiger partial charge in [0.05, 0.1) is 16.2 Å². The normalized spacial score (nSPS) is 13.9. The molecule has 0 aliphatic carbocycles. The van der Waals surface area contributed by atoms with Gasteiger partial charge in [-0.05, 0) is 25.7 Å². The summed E-state index contributed by atoms with van der Waals surface area (Å²) < 4.78 is 34.0. The minimum Gasteiger partial charge on any atom is -0.748 e. The molecule has 0 heterocycles. The molecule has 0 aromatic carbocycles. The first kappa shape index (κ1) is 30.7. The summed E-state index contributed by atoms with van der Waals surface area (Å²) in [5.74, 6) is 0. The molecular weight excluding hydrogens is 387 g/mol. The van der Waals surface area contributed by atoms with Crippen molar-refractivity contribution < 1.29 is 69.5 Å². The zero-order chi connectivity index (χ0) is 19.7. The largest absolute Gasteiger partial charge is 1.00 e. The predicted molar refractivity (Wildman–Crippen MR) is 109 cm³/mol. The van der Waals surface area contributed by atoms with Gasteiger partial charge in [0.15, 0.2) is 0 Å². The van der Waals surface area contributed by atoms with Gasteiger partial charge in [-0.25, -0.2) is 8.42 Å². The van der Waals surface area contributed by atoms with E-state index >= 15 is 0 Å². The molecule has 0 spiro atoms. The van der Waals surface area contributed by atoms with Gasteiger partial charge in [-0.15, -0.1) is 0 Å². The monoisotopic (exact) mass is 430 g/mol. The van der Waals surface area contributed by atoms with Crippen LogP contribution in [0.2, 0.25) is 0 Å². The van der Waals surface area contributed by atoms with Crippen LogP contribution in [0.25, 0.3) is 0 Å². The summed E-state index contributed by atoms with van der Waals surface area (Å²) >= 11 is 0. The van der Waals surface area contributed by atoms with Gasteiger partial charge in [-0.3, -0.25) is 0 Å². The third-order valence-electron chi connectivity index (χ3n) is 5.22. The van der Waals surface area contributed by atoms with Gasteiger partial charge in [0.1, 0.15) is 0 Å².